The molecule has 0 bridgehead atoms. The van der Waals surface area contributed by atoms with Crippen LogP contribution in [0, 0.1) is 28.6 Å². The van der Waals surface area contributed by atoms with Gasteiger partial charge < -0.3 is 5.32 Å². The first kappa shape index (κ1) is 12.9. The Balaban J connectivity index is 1.71. The fourth-order valence-electron chi connectivity index (χ4n) is 6.38. The standard InChI is InChI=1S/C18H27NO/c1-17-9-3-4-13(17)12-5-6-15-18(2,14(12)7-10-17)16(20)8-11-19-15/h8,11-15,19H,3-7,9-10H2,1-2H3/t12-,13-,14-,15?,17-,18+/m0/s1. The molecule has 2 heteroatoms. The summed E-state index contributed by atoms with van der Waals surface area (Å²) in [5.41, 5.74) is 0.451. The Bertz CT molecular complexity index is 470. The normalized spacial score (nSPS) is 53.8. The first-order valence-corrected chi connectivity index (χ1v) is 8.53. The van der Waals surface area contributed by atoms with Gasteiger partial charge in [0.15, 0.2) is 5.78 Å². The summed E-state index contributed by atoms with van der Waals surface area (Å²) in [6.07, 6.45) is 13.1. The minimum Gasteiger partial charge on any atom is -0.387 e. The third-order valence-electron chi connectivity index (χ3n) is 7.56. The van der Waals surface area contributed by atoms with Crippen molar-refractivity contribution in [3.8, 4) is 0 Å². The number of carbonyl (C=O) groups excluding carboxylic acids is 1. The Hall–Kier alpha value is -0.790. The van der Waals surface area contributed by atoms with Gasteiger partial charge in [-0.2, -0.15) is 0 Å². The van der Waals surface area contributed by atoms with Crippen molar-refractivity contribution < 1.29 is 4.79 Å². The van der Waals surface area contributed by atoms with E-state index in [1.807, 2.05) is 6.20 Å². The van der Waals surface area contributed by atoms with Crippen molar-refractivity contribution in [3.05, 3.63) is 12.3 Å². The molecule has 0 aromatic rings. The van der Waals surface area contributed by atoms with Crippen LogP contribution in [0.4, 0.5) is 0 Å². The molecule has 1 N–H and O–H groups in total. The van der Waals surface area contributed by atoms with E-state index in [1.165, 1.54) is 44.9 Å². The number of nitrogens with one attached hydrogen (secondary N) is 1. The van der Waals surface area contributed by atoms with Gasteiger partial charge in [0.25, 0.3) is 0 Å². The Morgan fingerprint density at radius 1 is 1.10 bits per heavy atom. The number of carbonyl (C=O) groups is 1. The SMILES string of the molecule is C[C@@]12CCC[C@H]1[C@@H]1CCC3NC=CC(=O)[C@]3(C)[C@H]1CC2. The number of ketones is 1. The van der Waals surface area contributed by atoms with Gasteiger partial charge in [-0.1, -0.05) is 20.3 Å². The van der Waals surface area contributed by atoms with Crippen molar-refractivity contribution in [2.75, 3.05) is 0 Å². The maximum Gasteiger partial charge on any atom is 0.165 e. The van der Waals surface area contributed by atoms with Crippen LogP contribution in [0.2, 0.25) is 0 Å². The van der Waals surface area contributed by atoms with Crippen LogP contribution in [0.15, 0.2) is 12.3 Å². The topological polar surface area (TPSA) is 29.1 Å². The molecule has 3 saturated carbocycles. The van der Waals surface area contributed by atoms with E-state index in [-0.39, 0.29) is 5.41 Å². The number of rotatable bonds is 0. The molecule has 6 atom stereocenters. The quantitative estimate of drug-likeness (QED) is 0.729. The zero-order valence-corrected chi connectivity index (χ0v) is 12.8. The largest absolute Gasteiger partial charge is 0.387 e. The maximum absolute atomic E-state index is 12.7. The molecule has 1 aliphatic heterocycles. The second kappa shape index (κ2) is 4.11. The molecule has 3 fully saturated rings. The van der Waals surface area contributed by atoms with E-state index >= 15 is 0 Å². The van der Waals surface area contributed by atoms with Crippen LogP contribution >= 0.6 is 0 Å². The summed E-state index contributed by atoms with van der Waals surface area (Å²) >= 11 is 0. The van der Waals surface area contributed by atoms with Crippen LogP contribution in [-0.4, -0.2) is 11.8 Å². The van der Waals surface area contributed by atoms with Gasteiger partial charge in [0, 0.05) is 12.2 Å². The highest BCUT2D eigenvalue weighted by Gasteiger charge is 2.59. The van der Waals surface area contributed by atoms with Crippen molar-refractivity contribution in [3.63, 3.8) is 0 Å². The predicted molar refractivity (Wildman–Crippen MR) is 80.1 cm³/mol. The highest BCUT2D eigenvalue weighted by atomic mass is 16.1. The van der Waals surface area contributed by atoms with Crippen LogP contribution in [0.5, 0.6) is 0 Å². The molecule has 1 heterocycles. The Kier molecular flexibility index (Phi) is 2.66. The van der Waals surface area contributed by atoms with Crippen molar-refractivity contribution >= 4 is 5.78 Å². The minimum atomic E-state index is -0.137. The van der Waals surface area contributed by atoms with Gasteiger partial charge in [-0.05, 0) is 67.8 Å². The monoisotopic (exact) mass is 273 g/mol. The molecular weight excluding hydrogens is 246 g/mol. The summed E-state index contributed by atoms with van der Waals surface area (Å²) in [6.45, 7) is 4.78. The summed E-state index contributed by atoms with van der Waals surface area (Å²) in [7, 11) is 0. The molecule has 0 aromatic carbocycles. The summed E-state index contributed by atoms with van der Waals surface area (Å²) in [6, 6.07) is 0.381. The molecule has 0 radical (unpaired) electrons. The van der Waals surface area contributed by atoms with E-state index in [1.54, 1.807) is 6.08 Å². The van der Waals surface area contributed by atoms with E-state index in [0.717, 1.165) is 11.8 Å². The molecule has 4 aliphatic rings. The fourth-order valence-corrected chi connectivity index (χ4v) is 6.38. The summed E-state index contributed by atoms with van der Waals surface area (Å²) < 4.78 is 0. The van der Waals surface area contributed by atoms with E-state index in [0.29, 0.717) is 23.2 Å². The van der Waals surface area contributed by atoms with Crippen LogP contribution in [0.1, 0.15) is 58.8 Å². The second-order valence-corrected chi connectivity index (χ2v) is 8.24. The second-order valence-electron chi connectivity index (χ2n) is 8.24. The molecule has 4 rings (SSSR count). The molecule has 20 heavy (non-hydrogen) atoms. The van der Waals surface area contributed by atoms with Gasteiger partial charge in [0.2, 0.25) is 0 Å². The fraction of sp³-hybridized carbons (Fsp3) is 0.833. The first-order valence-electron chi connectivity index (χ1n) is 8.53. The summed E-state index contributed by atoms with van der Waals surface area (Å²) in [5.74, 6) is 2.69. The van der Waals surface area contributed by atoms with Gasteiger partial charge in [0.05, 0.1) is 5.41 Å². The third-order valence-corrected chi connectivity index (χ3v) is 7.56. The average Bonchev–Trinajstić information content (AvgIpc) is 2.82. The lowest BCUT2D eigenvalue weighted by molar-refractivity contribution is -0.140. The van der Waals surface area contributed by atoms with Crippen LogP contribution in [0.25, 0.3) is 0 Å². The third kappa shape index (κ3) is 1.48. The molecule has 3 aliphatic carbocycles. The molecule has 2 nitrogen and oxygen atoms in total. The molecule has 0 saturated heterocycles. The number of hydrogen-bond acceptors (Lipinski definition) is 2. The van der Waals surface area contributed by atoms with Crippen LogP contribution in [-0.2, 0) is 4.79 Å². The molecule has 110 valence electrons. The lowest BCUT2D eigenvalue weighted by Gasteiger charge is -2.58. The highest BCUT2D eigenvalue weighted by Crippen LogP contribution is 2.63. The molecule has 1 unspecified atom stereocenters. The van der Waals surface area contributed by atoms with E-state index in [2.05, 4.69) is 19.2 Å². The summed E-state index contributed by atoms with van der Waals surface area (Å²) in [5, 5.41) is 3.49. The highest BCUT2D eigenvalue weighted by molar-refractivity contribution is 5.96. The van der Waals surface area contributed by atoms with E-state index in [9.17, 15) is 4.79 Å². The molecule has 0 amide bonds. The van der Waals surface area contributed by atoms with E-state index in [4.69, 9.17) is 0 Å². The smallest absolute Gasteiger partial charge is 0.165 e. The lowest BCUT2D eigenvalue weighted by Crippen LogP contribution is -2.60. The number of hydrogen-bond donors (Lipinski definition) is 1. The Morgan fingerprint density at radius 2 is 1.95 bits per heavy atom. The Labute approximate surface area is 122 Å². The Morgan fingerprint density at radius 3 is 2.80 bits per heavy atom. The van der Waals surface area contributed by atoms with Crippen LogP contribution in [0.3, 0.4) is 0 Å². The van der Waals surface area contributed by atoms with Gasteiger partial charge in [-0.25, -0.2) is 0 Å². The zero-order valence-electron chi connectivity index (χ0n) is 12.8. The minimum absolute atomic E-state index is 0.137. The van der Waals surface area contributed by atoms with Gasteiger partial charge >= 0.3 is 0 Å². The van der Waals surface area contributed by atoms with Crippen LogP contribution < -0.4 is 5.32 Å². The number of allylic oxidation sites excluding steroid dienone is 1. The van der Waals surface area contributed by atoms with Crippen molar-refractivity contribution in [2.24, 2.45) is 28.6 Å². The first-order chi connectivity index (χ1) is 9.56. The summed E-state index contributed by atoms with van der Waals surface area (Å²) in [4.78, 5) is 12.7. The van der Waals surface area contributed by atoms with Crippen molar-refractivity contribution in [1.29, 1.82) is 0 Å². The average molecular weight is 273 g/mol. The van der Waals surface area contributed by atoms with Gasteiger partial charge in [0.1, 0.15) is 0 Å². The molecular formula is C18H27NO. The van der Waals surface area contributed by atoms with Gasteiger partial charge in [-0.3, -0.25) is 4.79 Å². The lowest BCUT2D eigenvalue weighted by atomic mass is 9.48. The maximum atomic E-state index is 12.7. The molecule has 0 spiro atoms. The van der Waals surface area contributed by atoms with Gasteiger partial charge in [-0.15, -0.1) is 0 Å². The zero-order chi connectivity index (χ0) is 14.0. The molecule has 0 aromatic heterocycles. The van der Waals surface area contributed by atoms with E-state index < -0.39 is 0 Å². The predicted octanol–water partition coefficient (Wildman–Crippen LogP) is 3.67. The number of fused-ring (bicyclic) bond motifs is 5. The van der Waals surface area contributed by atoms with Crippen molar-refractivity contribution in [2.45, 2.75) is 64.8 Å². The van der Waals surface area contributed by atoms with Crippen molar-refractivity contribution in [1.82, 2.24) is 5.32 Å².